The molecule has 4 nitrogen and oxygen atoms in total. The zero-order chi connectivity index (χ0) is 15.4. The van der Waals surface area contributed by atoms with E-state index >= 15 is 0 Å². The van der Waals surface area contributed by atoms with Gasteiger partial charge in [0.05, 0.1) is 0 Å². The Morgan fingerprint density at radius 3 is 2.52 bits per heavy atom. The predicted octanol–water partition coefficient (Wildman–Crippen LogP) is 2.87. The van der Waals surface area contributed by atoms with Gasteiger partial charge < -0.3 is 15.8 Å². The van der Waals surface area contributed by atoms with Crippen molar-refractivity contribution in [2.45, 2.75) is 13.5 Å². The van der Waals surface area contributed by atoms with Gasteiger partial charge in [0, 0.05) is 24.8 Å². The number of halogens is 1. The van der Waals surface area contributed by atoms with E-state index < -0.39 is 5.82 Å². The first-order valence-corrected chi connectivity index (χ1v) is 6.55. The first-order valence-electron chi connectivity index (χ1n) is 6.55. The van der Waals surface area contributed by atoms with Crippen molar-refractivity contribution in [2.24, 2.45) is 10.9 Å². The van der Waals surface area contributed by atoms with E-state index in [4.69, 9.17) is 10.9 Å². The highest BCUT2D eigenvalue weighted by atomic mass is 19.1. The Hall–Kier alpha value is -2.56. The van der Waals surface area contributed by atoms with E-state index in [1.165, 1.54) is 17.7 Å². The number of benzene rings is 2. The number of anilines is 1. The van der Waals surface area contributed by atoms with Crippen LogP contribution in [-0.2, 0) is 6.54 Å². The lowest BCUT2D eigenvalue weighted by molar-refractivity contribution is 0.318. The molecule has 0 radical (unpaired) electrons. The number of rotatable bonds is 4. The molecule has 110 valence electrons. The molecule has 0 unspecified atom stereocenters. The zero-order valence-electron chi connectivity index (χ0n) is 12.0. The van der Waals surface area contributed by atoms with Crippen LogP contribution in [0.4, 0.5) is 10.1 Å². The average Bonchev–Trinajstić information content (AvgIpc) is 2.46. The summed E-state index contributed by atoms with van der Waals surface area (Å²) in [6, 6.07) is 12.5. The molecule has 0 aliphatic rings. The number of hydrogen-bond acceptors (Lipinski definition) is 3. The summed E-state index contributed by atoms with van der Waals surface area (Å²) in [6.07, 6.45) is 0. The Morgan fingerprint density at radius 2 is 1.90 bits per heavy atom. The molecule has 0 spiro atoms. The first-order chi connectivity index (χ1) is 9.99. The van der Waals surface area contributed by atoms with Crippen LogP contribution < -0.4 is 10.6 Å². The summed E-state index contributed by atoms with van der Waals surface area (Å²) < 4.78 is 13.6. The van der Waals surface area contributed by atoms with Crippen LogP contribution in [0.2, 0.25) is 0 Å². The average molecular weight is 287 g/mol. The van der Waals surface area contributed by atoms with E-state index in [-0.39, 0.29) is 5.84 Å². The number of nitrogens with two attached hydrogens (primary N) is 1. The molecular weight excluding hydrogens is 269 g/mol. The van der Waals surface area contributed by atoms with Gasteiger partial charge in [-0.25, -0.2) is 4.39 Å². The van der Waals surface area contributed by atoms with Crippen molar-refractivity contribution >= 4 is 11.5 Å². The highest BCUT2D eigenvalue weighted by molar-refractivity contribution is 5.97. The van der Waals surface area contributed by atoms with Gasteiger partial charge in [0.2, 0.25) is 0 Å². The third-order valence-electron chi connectivity index (χ3n) is 3.26. The topological polar surface area (TPSA) is 61.8 Å². The quantitative estimate of drug-likeness (QED) is 0.393. The molecule has 21 heavy (non-hydrogen) atoms. The first kappa shape index (κ1) is 14.8. The summed E-state index contributed by atoms with van der Waals surface area (Å²) in [4.78, 5) is 2.00. The van der Waals surface area contributed by atoms with E-state index in [0.717, 1.165) is 11.3 Å². The summed E-state index contributed by atoms with van der Waals surface area (Å²) in [5.41, 5.74) is 8.85. The van der Waals surface area contributed by atoms with Gasteiger partial charge in [-0.2, -0.15) is 0 Å². The van der Waals surface area contributed by atoms with E-state index in [1.54, 1.807) is 6.07 Å². The van der Waals surface area contributed by atoms with Crippen LogP contribution in [0.15, 0.2) is 47.6 Å². The summed E-state index contributed by atoms with van der Waals surface area (Å²) in [5, 5.41) is 11.6. The summed E-state index contributed by atoms with van der Waals surface area (Å²) in [6.45, 7) is 2.55. The van der Waals surface area contributed by atoms with Crippen LogP contribution in [0.5, 0.6) is 0 Å². The normalized spacial score (nSPS) is 11.5. The smallest absolute Gasteiger partial charge is 0.170 e. The highest BCUT2D eigenvalue weighted by Gasteiger charge is 2.07. The maximum Gasteiger partial charge on any atom is 0.170 e. The SMILES string of the molecule is Cc1ccc(N(C)Cc2cc(F)cc(/C(N)=N/O)c2)cc1. The Balaban J connectivity index is 2.22. The molecule has 2 aromatic rings. The Morgan fingerprint density at radius 1 is 1.24 bits per heavy atom. The molecule has 5 heteroatoms. The minimum Gasteiger partial charge on any atom is -0.409 e. The summed E-state index contributed by atoms with van der Waals surface area (Å²) in [5.74, 6) is -0.514. The van der Waals surface area contributed by atoms with Crippen molar-refractivity contribution in [1.82, 2.24) is 0 Å². The van der Waals surface area contributed by atoms with E-state index in [2.05, 4.69) is 5.16 Å². The second-order valence-electron chi connectivity index (χ2n) is 5.03. The summed E-state index contributed by atoms with van der Waals surface area (Å²) >= 11 is 0. The monoisotopic (exact) mass is 287 g/mol. The van der Waals surface area contributed by atoms with Crippen molar-refractivity contribution in [2.75, 3.05) is 11.9 Å². The van der Waals surface area contributed by atoms with Crippen molar-refractivity contribution in [3.8, 4) is 0 Å². The molecule has 0 aliphatic heterocycles. The fraction of sp³-hybridized carbons (Fsp3) is 0.188. The summed E-state index contributed by atoms with van der Waals surface area (Å²) in [7, 11) is 1.93. The van der Waals surface area contributed by atoms with Crippen molar-refractivity contribution < 1.29 is 9.60 Å². The standard InChI is InChI=1S/C16H18FN3O/c1-11-3-5-15(6-4-11)20(2)10-12-7-13(16(18)19-21)9-14(17)8-12/h3-9,21H,10H2,1-2H3,(H2,18,19). The molecule has 0 fully saturated rings. The van der Waals surface area contributed by atoms with Crippen LogP contribution in [0.25, 0.3) is 0 Å². The third-order valence-corrected chi connectivity index (χ3v) is 3.26. The molecular formula is C16H18FN3O. The fourth-order valence-electron chi connectivity index (χ4n) is 2.11. The second-order valence-corrected chi connectivity index (χ2v) is 5.03. The number of nitrogens with zero attached hydrogens (tertiary/aromatic N) is 2. The van der Waals surface area contributed by atoms with Gasteiger partial charge in [-0.1, -0.05) is 22.9 Å². The maximum atomic E-state index is 13.6. The largest absolute Gasteiger partial charge is 0.409 e. The Kier molecular flexibility index (Phi) is 4.42. The van der Waals surface area contributed by atoms with Crippen LogP contribution in [0.3, 0.4) is 0 Å². The van der Waals surface area contributed by atoms with Gasteiger partial charge >= 0.3 is 0 Å². The van der Waals surface area contributed by atoms with Crippen molar-refractivity contribution in [1.29, 1.82) is 0 Å². The van der Waals surface area contributed by atoms with Gasteiger partial charge in [0.25, 0.3) is 0 Å². The number of hydrogen-bond donors (Lipinski definition) is 2. The highest BCUT2D eigenvalue weighted by Crippen LogP contribution is 2.17. The van der Waals surface area contributed by atoms with E-state index in [9.17, 15) is 4.39 Å². The molecule has 0 amide bonds. The van der Waals surface area contributed by atoms with Gasteiger partial charge in [-0.05, 0) is 42.8 Å². The van der Waals surface area contributed by atoms with Crippen LogP contribution in [0, 0.1) is 12.7 Å². The third kappa shape index (κ3) is 3.72. The molecule has 0 aliphatic carbocycles. The van der Waals surface area contributed by atoms with Gasteiger partial charge in [0.1, 0.15) is 5.82 Å². The molecule has 2 aromatic carbocycles. The van der Waals surface area contributed by atoms with Gasteiger partial charge in [-0.3, -0.25) is 0 Å². The molecule has 0 bridgehead atoms. The Labute approximate surface area is 123 Å². The van der Waals surface area contributed by atoms with Crippen LogP contribution in [0.1, 0.15) is 16.7 Å². The fourth-order valence-corrected chi connectivity index (χ4v) is 2.11. The minimum atomic E-state index is -0.411. The van der Waals surface area contributed by atoms with Crippen molar-refractivity contribution in [3.63, 3.8) is 0 Å². The van der Waals surface area contributed by atoms with Gasteiger partial charge in [-0.15, -0.1) is 0 Å². The van der Waals surface area contributed by atoms with E-state index in [0.29, 0.717) is 12.1 Å². The molecule has 0 saturated heterocycles. The number of amidine groups is 1. The van der Waals surface area contributed by atoms with Crippen LogP contribution >= 0.6 is 0 Å². The number of oxime groups is 1. The second kappa shape index (κ2) is 6.26. The molecule has 0 aromatic heterocycles. The van der Waals surface area contributed by atoms with Crippen LogP contribution in [-0.4, -0.2) is 18.1 Å². The molecule has 2 rings (SSSR count). The molecule has 0 atom stereocenters. The Bertz CT molecular complexity index is 653. The molecule has 0 heterocycles. The maximum absolute atomic E-state index is 13.6. The predicted molar refractivity (Wildman–Crippen MR) is 82.2 cm³/mol. The minimum absolute atomic E-state index is 0.103. The molecule has 3 N–H and O–H groups in total. The van der Waals surface area contributed by atoms with Crippen molar-refractivity contribution in [3.05, 3.63) is 65.0 Å². The molecule has 0 saturated carbocycles. The lowest BCUT2D eigenvalue weighted by atomic mass is 10.1. The lowest BCUT2D eigenvalue weighted by Crippen LogP contribution is -2.18. The zero-order valence-corrected chi connectivity index (χ0v) is 12.0. The van der Waals surface area contributed by atoms with Gasteiger partial charge in [0.15, 0.2) is 5.84 Å². The number of aryl methyl sites for hydroxylation is 1. The van der Waals surface area contributed by atoms with E-state index in [1.807, 2.05) is 43.1 Å². The lowest BCUT2D eigenvalue weighted by Gasteiger charge is -2.20.